The molecule has 0 aliphatic carbocycles. The van der Waals surface area contributed by atoms with Gasteiger partial charge in [-0.2, -0.15) is 0 Å². The van der Waals surface area contributed by atoms with Gasteiger partial charge in [0.1, 0.15) is 0 Å². The number of carbonyl (C=O) groups is 2. The predicted octanol–water partition coefficient (Wildman–Crippen LogP) is 6.64. The van der Waals surface area contributed by atoms with Crippen LogP contribution in [-0.2, 0) is 0 Å². The fraction of sp³-hybridized carbons (Fsp3) is 0.238. The van der Waals surface area contributed by atoms with E-state index in [4.69, 9.17) is 46.4 Å². The van der Waals surface area contributed by atoms with Crippen LogP contribution in [0.1, 0.15) is 34.6 Å². The molecular weight excluding hydrogens is 546 g/mol. The zero-order valence-corrected chi connectivity index (χ0v) is 22.3. The number of benzene rings is 2. The van der Waals surface area contributed by atoms with Crippen molar-refractivity contribution in [3.8, 4) is 0 Å². The van der Waals surface area contributed by atoms with Crippen LogP contribution in [-0.4, -0.2) is 40.3 Å². The van der Waals surface area contributed by atoms with Crippen LogP contribution in [0.15, 0.2) is 46.4 Å². The molecule has 6 nitrogen and oxygen atoms in total. The topological polar surface area (TPSA) is 82.9 Å². The lowest BCUT2D eigenvalue weighted by Gasteiger charge is -2.12. The summed E-state index contributed by atoms with van der Waals surface area (Å²) >= 11 is 27.0. The van der Waals surface area contributed by atoms with E-state index in [0.717, 1.165) is 0 Å². The highest BCUT2D eigenvalue weighted by molar-refractivity contribution is 8.29. The molecule has 2 N–H and O–H groups in total. The Hall–Kier alpha value is -1.42. The van der Waals surface area contributed by atoms with Gasteiger partial charge in [-0.25, -0.2) is 0 Å². The number of amides is 2. The molecule has 0 saturated heterocycles. The monoisotopic (exact) mass is 564 g/mol. The fourth-order valence-electron chi connectivity index (χ4n) is 2.42. The second-order valence-electron chi connectivity index (χ2n) is 6.07. The maximum absolute atomic E-state index is 12.7. The first-order valence-corrected chi connectivity index (χ1v) is 13.1. The van der Waals surface area contributed by atoms with E-state index >= 15 is 0 Å². The largest absolute Gasteiger partial charge is 0.301 e. The minimum atomic E-state index is -0.459. The fourth-order valence-corrected chi connectivity index (χ4v) is 5.46. The van der Waals surface area contributed by atoms with Crippen LogP contribution < -0.4 is 10.6 Å². The minimum Gasteiger partial charge on any atom is -0.301 e. The van der Waals surface area contributed by atoms with Crippen LogP contribution >= 0.6 is 69.9 Å². The van der Waals surface area contributed by atoms with Gasteiger partial charge in [-0.1, -0.05) is 82.1 Å². The molecule has 0 atom stereocenters. The third-order valence-electron chi connectivity index (χ3n) is 3.82. The maximum atomic E-state index is 12.7. The molecule has 0 aromatic heterocycles. The molecule has 0 aliphatic rings. The van der Waals surface area contributed by atoms with E-state index in [2.05, 4.69) is 20.6 Å². The molecule has 33 heavy (non-hydrogen) atoms. The van der Waals surface area contributed by atoms with Gasteiger partial charge >= 0.3 is 0 Å². The number of amidine groups is 2. The van der Waals surface area contributed by atoms with Crippen molar-refractivity contribution in [3.05, 3.63) is 67.6 Å². The Morgan fingerprint density at radius 2 is 1.06 bits per heavy atom. The number of nitrogens with one attached hydrogen (secondary N) is 2. The summed E-state index contributed by atoms with van der Waals surface area (Å²) in [6.45, 7) is 4.61. The molecule has 2 aromatic carbocycles. The van der Waals surface area contributed by atoms with E-state index in [1.54, 1.807) is 36.4 Å². The number of halogens is 4. The van der Waals surface area contributed by atoms with Gasteiger partial charge in [-0.15, -0.1) is 0 Å². The van der Waals surface area contributed by atoms with Gasteiger partial charge in [0.05, 0.1) is 36.3 Å². The van der Waals surface area contributed by atoms with Crippen molar-refractivity contribution in [3.63, 3.8) is 0 Å². The number of hydrogen-bond donors (Lipinski definition) is 2. The van der Waals surface area contributed by atoms with Crippen molar-refractivity contribution in [2.75, 3.05) is 18.2 Å². The highest BCUT2D eigenvalue weighted by Gasteiger charge is 2.18. The van der Waals surface area contributed by atoms with Crippen molar-refractivity contribution >= 4 is 92.1 Å². The molecule has 0 unspecified atom stereocenters. The quantitative estimate of drug-likeness (QED) is 0.234. The third kappa shape index (κ3) is 8.38. The summed E-state index contributed by atoms with van der Waals surface area (Å²) in [5.74, 6) is -0.918. The van der Waals surface area contributed by atoms with Crippen LogP contribution in [0, 0.1) is 0 Å². The summed E-state index contributed by atoms with van der Waals surface area (Å²) in [6.07, 6.45) is 0. The van der Waals surface area contributed by atoms with Crippen LogP contribution in [0.3, 0.4) is 0 Å². The van der Waals surface area contributed by atoms with Gasteiger partial charge < -0.3 is 10.6 Å². The van der Waals surface area contributed by atoms with Crippen LogP contribution in [0.25, 0.3) is 0 Å². The van der Waals surface area contributed by atoms with Crippen molar-refractivity contribution in [1.29, 1.82) is 0 Å². The minimum absolute atomic E-state index is 0.176. The Bertz CT molecular complexity index is 956. The lowest BCUT2D eigenvalue weighted by Crippen LogP contribution is -2.30. The molecule has 0 heterocycles. The molecular formula is C21H20Cl4N4O2S2. The standard InChI is InChI=1S/C21H20Cl4N4O2S2/c1-3-26-20(28-18(30)16-12(22)7-5-8-13(16)23)32-11-33-21(27-4-2)29-19(31)17-14(24)9-6-10-15(17)25/h5-10H,3-4,11H2,1-2H3,(H,26,28,30)(H,27,29,31). The molecule has 12 heteroatoms. The van der Waals surface area contributed by atoms with Gasteiger partial charge in [0, 0.05) is 13.1 Å². The van der Waals surface area contributed by atoms with Crippen molar-refractivity contribution in [2.45, 2.75) is 13.8 Å². The van der Waals surface area contributed by atoms with Gasteiger partial charge in [0.15, 0.2) is 10.3 Å². The lowest BCUT2D eigenvalue weighted by atomic mass is 10.2. The lowest BCUT2D eigenvalue weighted by molar-refractivity contribution is 0.0969. The first kappa shape index (κ1) is 27.8. The number of carbonyl (C=O) groups excluding carboxylic acids is 2. The molecule has 0 aliphatic heterocycles. The number of hydrogen-bond acceptors (Lipinski definition) is 6. The molecule has 176 valence electrons. The number of aliphatic imine (C=N–C) groups is 2. The first-order valence-electron chi connectivity index (χ1n) is 9.63. The van der Waals surface area contributed by atoms with E-state index in [0.29, 0.717) is 28.5 Å². The zero-order chi connectivity index (χ0) is 24.4. The summed E-state index contributed by atoms with van der Waals surface area (Å²) in [6, 6.07) is 9.67. The molecule has 0 saturated carbocycles. The third-order valence-corrected chi connectivity index (χ3v) is 7.03. The number of nitrogens with zero attached hydrogens (tertiary/aromatic N) is 2. The molecule has 2 amide bonds. The highest BCUT2D eigenvalue weighted by atomic mass is 35.5. The molecule has 2 rings (SSSR count). The summed E-state index contributed by atoms with van der Waals surface area (Å²) in [7, 11) is 0. The van der Waals surface area contributed by atoms with E-state index in [1.165, 1.54) is 23.5 Å². The Morgan fingerprint density at radius 3 is 1.36 bits per heavy atom. The normalized spacial score (nSPS) is 11.9. The Labute approximate surface area is 220 Å². The number of thioether (sulfide) groups is 2. The molecule has 2 aromatic rings. The first-order chi connectivity index (χ1) is 15.8. The molecule has 0 fully saturated rings. The zero-order valence-electron chi connectivity index (χ0n) is 17.6. The van der Waals surface area contributed by atoms with Crippen molar-refractivity contribution in [2.24, 2.45) is 9.98 Å². The number of rotatable bonds is 6. The van der Waals surface area contributed by atoms with Gasteiger partial charge in [-0.05, 0) is 38.1 Å². The second kappa shape index (κ2) is 14.1. The van der Waals surface area contributed by atoms with Crippen LogP contribution in [0.5, 0.6) is 0 Å². The van der Waals surface area contributed by atoms with E-state index in [9.17, 15) is 9.59 Å². The average Bonchev–Trinajstić information content (AvgIpc) is 2.73. The second-order valence-corrected chi connectivity index (χ2v) is 9.99. The van der Waals surface area contributed by atoms with Crippen LogP contribution in [0.2, 0.25) is 20.1 Å². The highest BCUT2D eigenvalue weighted by Crippen LogP contribution is 2.26. The Morgan fingerprint density at radius 1 is 0.727 bits per heavy atom. The van der Waals surface area contributed by atoms with Gasteiger partial charge in [0.2, 0.25) is 0 Å². The summed E-state index contributed by atoms with van der Waals surface area (Å²) < 4.78 is 0. The van der Waals surface area contributed by atoms with Gasteiger partial charge in [0.25, 0.3) is 11.8 Å². The van der Waals surface area contributed by atoms with Gasteiger partial charge in [-0.3, -0.25) is 19.6 Å². The van der Waals surface area contributed by atoms with Crippen molar-refractivity contribution < 1.29 is 9.59 Å². The Kier molecular flexibility index (Phi) is 11.9. The van der Waals surface area contributed by atoms with Crippen molar-refractivity contribution in [1.82, 2.24) is 10.6 Å². The SMILES string of the molecule is CCN=C(NC(=O)c1c(Cl)cccc1Cl)SCSC(=NCC)NC(=O)c1c(Cl)cccc1Cl. The summed E-state index contributed by atoms with van der Waals surface area (Å²) in [4.78, 5) is 33.9. The average molecular weight is 566 g/mol. The summed E-state index contributed by atoms with van der Waals surface area (Å²) in [5, 5.41) is 7.63. The molecule has 0 spiro atoms. The van der Waals surface area contributed by atoms with Crippen LogP contribution in [0.4, 0.5) is 0 Å². The maximum Gasteiger partial charge on any atom is 0.260 e. The van der Waals surface area contributed by atoms with E-state index in [1.807, 2.05) is 13.8 Å². The van der Waals surface area contributed by atoms with E-state index in [-0.39, 0.29) is 31.2 Å². The molecule has 0 bridgehead atoms. The summed E-state index contributed by atoms with van der Waals surface area (Å²) in [5.41, 5.74) is 0.352. The van der Waals surface area contributed by atoms with E-state index < -0.39 is 11.8 Å². The predicted molar refractivity (Wildman–Crippen MR) is 144 cm³/mol. The smallest absolute Gasteiger partial charge is 0.260 e. The Balaban J connectivity index is 2.02. The molecule has 0 radical (unpaired) electrons.